The number of aliphatic carboxylic acids is 4. The summed E-state index contributed by atoms with van der Waals surface area (Å²) in [6.45, 7) is 10.1. The average Bonchev–Trinajstić information content (AvgIpc) is 2.88. The molecule has 1 aliphatic rings. The van der Waals surface area contributed by atoms with Gasteiger partial charge in [0.05, 0.1) is 0 Å². The zero-order valence-electron chi connectivity index (χ0n) is 24.8. The fraction of sp³-hybridized carbons (Fsp3) is 0.857. The van der Waals surface area contributed by atoms with Crippen molar-refractivity contribution in [3.63, 3.8) is 0 Å². The first-order chi connectivity index (χ1) is 19.0. The summed E-state index contributed by atoms with van der Waals surface area (Å²) in [4.78, 5) is 56.3. The number of hydrogen-bond donors (Lipinski definition) is 4. The van der Waals surface area contributed by atoms with Crippen molar-refractivity contribution in [1.82, 2.24) is 19.6 Å². The Morgan fingerprint density at radius 1 is 0.425 bits per heavy atom. The Morgan fingerprint density at radius 2 is 0.575 bits per heavy atom. The second-order valence-electron chi connectivity index (χ2n) is 10.7. The second kappa shape index (κ2) is 19.0. The SMILES string of the molecule is CCCC(C(=O)O)N1CCN(C(CCC)C(=O)O)CCN(C(CCC)C(=O)O)CCN(C(CCC)C(=O)O)CC1. The Labute approximate surface area is 238 Å². The number of carboxylic acids is 4. The molecule has 4 atom stereocenters. The Kier molecular flexibility index (Phi) is 16.9. The van der Waals surface area contributed by atoms with Crippen molar-refractivity contribution >= 4 is 23.9 Å². The third kappa shape index (κ3) is 11.3. The van der Waals surface area contributed by atoms with E-state index >= 15 is 0 Å². The first-order valence-electron chi connectivity index (χ1n) is 14.9. The molecule has 0 amide bonds. The van der Waals surface area contributed by atoms with E-state index in [-0.39, 0.29) is 0 Å². The standard InChI is InChI=1S/C28H52N4O8/c1-5-9-21(25(33)34)29-13-15-30(22(10-6-2)26(35)36)17-19-32(24(12-8-4)28(39)40)20-18-31(16-14-29)23(11-7-3)27(37)38/h21-24H,5-20H2,1-4H3,(H,33,34)(H,35,36)(H,37,38)(H,39,40). The number of carboxylic acid groups (broad SMARTS) is 4. The topological polar surface area (TPSA) is 162 Å². The largest absolute Gasteiger partial charge is 0.480 e. The predicted octanol–water partition coefficient (Wildman–Crippen LogP) is 2.22. The van der Waals surface area contributed by atoms with Crippen molar-refractivity contribution in [3.05, 3.63) is 0 Å². The average molecular weight is 573 g/mol. The molecule has 232 valence electrons. The van der Waals surface area contributed by atoms with E-state index in [1.165, 1.54) is 0 Å². The summed E-state index contributed by atoms with van der Waals surface area (Å²) in [5.74, 6) is -3.80. The molecule has 0 aliphatic carbocycles. The summed E-state index contributed by atoms with van der Waals surface area (Å²) in [5, 5.41) is 40.1. The van der Waals surface area contributed by atoms with Gasteiger partial charge in [-0.2, -0.15) is 0 Å². The van der Waals surface area contributed by atoms with Crippen LogP contribution in [-0.2, 0) is 19.2 Å². The number of nitrogens with zero attached hydrogens (tertiary/aromatic N) is 4. The van der Waals surface area contributed by atoms with Gasteiger partial charge in [-0.25, -0.2) is 0 Å². The van der Waals surface area contributed by atoms with E-state index in [0.717, 1.165) is 0 Å². The van der Waals surface area contributed by atoms with Gasteiger partial charge in [-0.05, 0) is 25.7 Å². The van der Waals surface area contributed by atoms with Crippen molar-refractivity contribution in [2.45, 2.75) is 103 Å². The molecule has 0 aromatic heterocycles. The molecule has 0 saturated carbocycles. The highest BCUT2D eigenvalue weighted by Crippen LogP contribution is 2.17. The Balaban J connectivity index is 3.52. The number of carbonyl (C=O) groups is 4. The highest BCUT2D eigenvalue weighted by Gasteiger charge is 2.33. The van der Waals surface area contributed by atoms with Gasteiger partial charge in [0.1, 0.15) is 24.2 Å². The van der Waals surface area contributed by atoms with E-state index in [9.17, 15) is 39.6 Å². The van der Waals surface area contributed by atoms with E-state index in [4.69, 9.17) is 0 Å². The molecule has 1 aliphatic heterocycles. The quantitative estimate of drug-likeness (QED) is 0.214. The third-order valence-electron chi connectivity index (χ3n) is 7.85. The van der Waals surface area contributed by atoms with Crippen LogP contribution in [0.25, 0.3) is 0 Å². The van der Waals surface area contributed by atoms with Crippen LogP contribution in [0.15, 0.2) is 0 Å². The lowest BCUT2D eigenvalue weighted by Gasteiger charge is -2.39. The molecular formula is C28H52N4O8. The molecule has 4 N–H and O–H groups in total. The molecule has 1 rings (SSSR count). The first-order valence-corrected chi connectivity index (χ1v) is 14.9. The van der Waals surface area contributed by atoms with Crippen molar-refractivity contribution in [3.8, 4) is 0 Å². The van der Waals surface area contributed by atoms with Gasteiger partial charge in [0, 0.05) is 52.4 Å². The summed E-state index contributed by atoms with van der Waals surface area (Å²) >= 11 is 0. The van der Waals surface area contributed by atoms with Crippen molar-refractivity contribution in [1.29, 1.82) is 0 Å². The zero-order valence-corrected chi connectivity index (χ0v) is 24.8. The minimum absolute atomic E-state index is 0.307. The zero-order chi connectivity index (χ0) is 30.2. The Morgan fingerprint density at radius 3 is 0.675 bits per heavy atom. The predicted molar refractivity (Wildman–Crippen MR) is 152 cm³/mol. The van der Waals surface area contributed by atoms with Crippen LogP contribution in [-0.4, -0.2) is 140 Å². The van der Waals surface area contributed by atoms with Crippen LogP contribution in [0.1, 0.15) is 79.1 Å². The first kappa shape index (κ1) is 35.7. The summed E-state index contributed by atoms with van der Waals surface area (Å²) in [5.41, 5.74) is 0. The van der Waals surface area contributed by atoms with Crippen molar-refractivity contribution in [2.75, 3.05) is 52.4 Å². The van der Waals surface area contributed by atoms with Crippen molar-refractivity contribution in [2.24, 2.45) is 0 Å². The minimum Gasteiger partial charge on any atom is -0.480 e. The van der Waals surface area contributed by atoms with Gasteiger partial charge in [0.2, 0.25) is 0 Å². The van der Waals surface area contributed by atoms with Crippen molar-refractivity contribution < 1.29 is 39.6 Å². The van der Waals surface area contributed by atoms with E-state index in [0.29, 0.717) is 104 Å². The maximum atomic E-state index is 12.2. The van der Waals surface area contributed by atoms with Crippen LogP contribution >= 0.6 is 0 Å². The molecule has 40 heavy (non-hydrogen) atoms. The lowest BCUT2D eigenvalue weighted by Crippen LogP contribution is -2.56. The van der Waals surface area contributed by atoms with Gasteiger partial charge in [-0.15, -0.1) is 0 Å². The molecule has 12 heteroatoms. The molecule has 4 unspecified atom stereocenters. The van der Waals surface area contributed by atoms with Crippen LogP contribution in [0, 0.1) is 0 Å². The van der Waals surface area contributed by atoms with E-state index in [1.807, 2.05) is 47.3 Å². The van der Waals surface area contributed by atoms with Gasteiger partial charge in [-0.3, -0.25) is 38.8 Å². The summed E-state index contributed by atoms with van der Waals surface area (Å²) in [6.07, 6.45) is 4.33. The van der Waals surface area contributed by atoms with Crippen LogP contribution < -0.4 is 0 Å². The fourth-order valence-corrected chi connectivity index (χ4v) is 5.66. The number of rotatable bonds is 16. The van der Waals surface area contributed by atoms with Crippen LogP contribution in [0.2, 0.25) is 0 Å². The highest BCUT2D eigenvalue weighted by atomic mass is 16.4. The summed E-state index contributed by atoms with van der Waals surface area (Å²) in [7, 11) is 0. The molecule has 12 nitrogen and oxygen atoms in total. The number of hydrogen-bond acceptors (Lipinski definition) is 8. The maximum Gasteiger partial charge on any atom is 0.320 e. The molecule has 0 aromatic rings. The second-order valence-corrected chi connectivity index (χ2v) is 10.7. The Hall–Kier alpha value is -2.28. The minimum atomic E-state index is -0.950. The molecule has 0 spiro atoms. The molecule has 1 fully saturated rings. The Bertz CT molecular complexity index is 654. The van der Waals surface area contributed by atoms with Gasteiger partial charge in [0.15, 0.2) is 0 Å². The van der Waals surface area contributed by atoms with E-state index in [1.54, 1.807) is 0 Å². The molecule has 0 radical (unpaired) electrons. The third-order valence-corrected chi connectivity index (χ3v) is 7.85. The lowest BCUT2D eigenvalue weighted by atomic mass is 10.1. The molecule has 1 heterocycles. The normalized spacial score (nSPS) is 20.5. The van der Waals surface area contributed by atoms with E-state index < -0.39 is 48.0 Å². The van der Waals surface area contributed by atoms with Gasteiger partial charge >= 0.3 is 23.9 Å². The monoisotopic (exact) mass is 572 g/mol. The van der Waals surface area contributed by atoms with Crippen LogP contribution in [0.3, 0.4) is 0 Å². The van der Waals surface area contributed by atoms with Crippen LogP contribution in [0.5, 0.6) is 0 Å². The molecule has 0 bridgehead atoms. The fourth-order valence-electron chi connectivity index (χ4n) is 5.66. The lowest BCUT2D eigenvalue weighted by molar-refractivity contribution is -0.148. The molecule has 1 saturated heterocycles. The van der Waals surface area contributed by atoms with Gasteiger partial charge in [-0.1, -0.05) is 53.4 Å². The maximum absolute atomic E-state index is 12.2. The highest BCUT2D eigenvalue weighted by molar-refractivity contribution is 5.75. The molecular weight excluding hydrogens is 520 g/mol. The smallest absolute Gasteiger partial charge is 0.320 e. The van der Waals surface area contributed by atoms with E-state index in [2.05, 4.69) is 0 Å². The van der Waals surface area contributed by atoms with Gasteiger partial charge < -0.3 is 20.4 Å². The van der Waals surface area contributed by atoms with Crippen LogP contribution in [0.4, 0.5) is 0 Å². The van der Waals surface area contributed by atoms with Gasteiger partial charge in [0.25, 0.3) is 0 Å². The summed E-state index contributed by atoms with van der Waals surface area (Å²) < 4.78 is 0. The summed E-state index contributed by atoms with van der Waals surface area (Å²) in [6, 6.07) is -3.06. The molecule has 0 aromatic carbocycles.